The molecule has 0 saturated carbocycles. The van der Waals surface area contributed by atoms with E-state index in [9.17, 15) is 14.0 Å². The molecule has 1 fully saturated rings. The Labute approximate surface area is 223 Å². The number of benzene rings is 3. The van der Waals surface area contributed by atoms with E-state index in [4.69, 9.17) is 21.1 Å². The van der Waals surface area contributed by atoms with Crippen LogP contribution in [0, 0.1) is 5.82 Å². The molecular formula is C27H25ClFN3O4S. The highest BCUT2D eigenvalue weighted by Crippen LogP contribution is 2.33. The molecule has 0 aromatic heterocycles. The topological polar surface area (TPSA) is 80.2 Å². The van der Waals surface area contributed by atoms with Crippen molar-refractivity contribution in [2.75, 3.05) is 26.1 Å². The summed E-state index contributed by atoms with van der Waals surface area (Å²) in [4.78, 5) is 32.2. The summed E-state index contributed by atoms with van der Waals surface area (Å²) >= 11 is 7.22. The number of anilines is 1. The van der Waals surface area contributed by atoms with Crippen molar-refractivity contribution in [3.63, 3.8) is 0 Å². The fourth-order valence-electron chi connectivity index (χ4n) is 3.78. The lowest BCUT2D eigenvalue weighted by molar-refractivity contribution is -0.128. The number of aliphatic imine (C=N–C) groups is 1. The number of thioether (sulfide) groups is 1. The minimum Gasteiger partial charge on any atom is -0.493 e. The number of halogens is 2. The third kappa shape index (κ3) is 6.81. The predicted molar refractivity (Wildman–Crippen MR) is 145 cm³/mol. The smallest absolute Gasteiger partial charge is 0.242 e. The first kappa shape index (κ1) is 26.5. The molecule has 0 radical (unpaired) electrons. The van der Waals surface area contributed by atoms with Crippen molar-refractivity contribution in [2.45, 2.75) is 18.1 Å². The number of carbonyl (C=O) groups is 2. The second kappa shape index (κ2) is 12.1. The Bertz CT molecular complexity index is 1320. The Balaban J connectivity index is 1.52. The van der Waals surface area contributed by atoms with Gasteiger partial charge in [0.2, 0.25) is 11.8 Å². The van der Waals surface area contributed by atoms with E-state index in [1.165, 1.54) is 23.9 Å². The molecule has 37 heavy (non-hydrogen) atoms. The number of nitrogens with one attached hydrogen (secondary N) is 1. The monoisotopic (exact) mass is 541 g/mol. The molecule has 4 rings (SSSR count). The normalized spacial score (nSPS) is 16.2. The van der Waals surface area contributed by atoms with E-state index in [0.29, 0.717) is 46.0 Å². The Morgan fingerprint density at radius 2 is 1.84 bits per heavy atom. The summed E-state index contributed by atoms with van der Waals surface area (Å²) in [5.74, 6) is 0.310. The summed E-state index contributed by atoms with van der Waals surface area (Å²) in [6.07, 6.45) is 0.488. The number of ether oxygens (including phenoxy) is 2. The second-order valence-electron chi connectivity index (χ2n) is 8.17. The summed E-state index contributed by atoms with van der Waals surface area (Å²) in [6.45, 7) is 0.341. The minimum absolute atomic E-state index is 0.0364. The van der Waals surface area contributed by atoms with Crippen molar-refractivity contribution < 1.29 is 23.5 Å². The van der Waals surface area contributed by atoms with Crippen LogP contribution in [0.4, 0.5) is 15.8 Å². The molecule has 3 aromatic rings. The number of hydrogen-bond donors (Lipinski definition) is 1. The first-order valence-electron chi connectivity index (χ1n) is 11.4. The lowest BCUT2D eigenvalue weighted by Crippen LogP contribution is -2.35. The highest BCUT2D eigenvalue weighted by molar-refractivity contribution is 8.15. The van der Waals surface area contributed by atoms with Gasteiger partial charge in [0.25, 0.3) is 0 Å². The van der Waals surface area contributed by atoms with Crippen LogP contribution in [0.3, 0.4) is 0 Å². The summed E-state index contributed by atoms with van der Waals surface area (Å²) in [5, 5.41) is 3.09. The van der Waals surface area contributed by atoms with E-state index in [-0.39, 0.29) is 24.1 Å². The lowest BCUT2D eigenvalue weighted by atomic mass is 10.1. The van der Waals surface area contributed by atoms with Crippen molar-refractivity contribution in [1.29, 1.82) is 0 Å². The molecule has 192 valence electrons. The molecule has 1 unspecified atom stereocenters. The highest BCUT2D eigenvalue weighted by Gasteiger charge is 2.39. The third-order valence-corrected chi connectivity index (χ3v) is 7.03. The van der Waals surface area contributed by atoms with Crippen LogP contribution in [-0.2, 0) is 16.0 Å². The largest absolute Gasteiger partial charge is 0.493 e. The van der Waals surface area contributed by atoms with Gasteiger partial charge in [-0.2, -0.15) is 0 Å². The van der Waals surface area contributed by atoms with Crippen LogP contribution >= 0.6 is 23.4 Å². The molecule has 2 amide bonds. The van der Waals surface area contributed by atoms with Gasteiger partial charge in [-0.25, -0.2) is 9.38 Å². The molecule has 1 saturated heterocycles. The molecule has 0 bridgehead atoms. The third-order valence-electron chi connectivity index (χ3n) is 5.62. The van der Waals surface area contributed by atoms with Gasteiger partial charge in [0, 0.05) is 23.7 Å². The van der Waals surface area contributed by atoms with Gasteiger partial charge < -0.3 is 14.8 Å². The molecule has 1 aliphatic rings. The van der Waals surface area contributed by atoms with Crippen LogP contribution in [0.5, 0.6) is 11.5 Å². The zero-order chi connectivity index (χ0) is 26.4. The van der Waals surface area contributed by atoms with Crippen molar-refractivity contribution in [2.24, 2.45) is 4.99 Å². The molecule has 1 N–H and O–H groups in total. The predicted octanol–water partition coefficient (Wildman–Crippen LogP) is 5.70. The van der Waals surface area contributed by atoms with Crippen LogP contribution in [0.15, 0.2) is 71.7 Å². The number of nitrogens with zero attached hydrogens (tertiary/aromatic N) is 2. The van der Waals surface area contributed by atoms with Crippen molar-refractivity contribution >= 4 is 51.7 Å². The van der Waals surface area contributed by atoms with Gasteiger partial charge in [-0.3, -0.25) is 14.5 Å². The van der Waals surface area contributed by atoms with Gasteiger partial charge >= 0.3 is 0 Å². The number of amidine groups is 1. The lowest BCUT2D eigenvalue weighted by Gasteiger charge is -2.17. The molecule has 10 heteroatoms. The van der Waals surface area contributed by atoms with Gasteiger partial charge in [-0.1, -0.05) is 35.5 Å². The fraction of sp³-hybridized carbons (Fsp3) is 0.222. The highest BCUT2D eigenvalue weighted by atomic mass is 35.5. The zero-order valence-electron chi connectivity index (χ0n) is 20.2. The van der Waals surface area contributed by atoms with Gasteiger partial charge in [-0.15, -0.1) is 0 Å². The first-order valence-corrected chi connectivity index (χ1v) is 12.7. The Morgan fingerprint density at radius 3 is 2.54 bits per heavy atom. The van der Waals surface area contributed by atoms with Crippen LogP contribution in [0.1, 0.15) is 12.0 Å². The Kier molecular flexibility index (Phi) is 8.68. The van der Waals surface area contributed by atoms with E-state index in [1.54, 1.807) is 55.5 Å². The molecule has 0 aliphatic carbocycles. The summed E-state index contributed by atoms with van der Waals surface area (Å²) in [7, 11) is 3.13. The standard InChI is InChI=1S/C27H25ClFN3O4S/c1-35-22-11-6-17(14-23(22)36-2)12-13-32-26(34)24(16-25(33)30-21-5-3-4-18(28)15-21)37-27(32)31-20-9-7-19(29)8-10-20/h3-11,14-15,24H,12-13,16H2,1-2H3,(H,30,33). The van der Waals surface area contributed by atoms with Crippen molar-refractivity contribution in [3.8, 4) is 11.5 Å². The molecular weight excluding hydrogens is 517 g/mol. The number of amides is 2. The van der Waals surface area contributed by atoms with Crippen LogP contribution < -0.4 is 14.8 Å². The second-order valence-corrected chi connectivity index (χ2v) is 9.78. The maximum absolute atomic E-state index is 13.4. The summed E-state index contributed by atoms with van der Waals surface area (Å²) in [5.41, 5.74) is 2.01. The SMILES string of the molecule is COc1ccc(CCN2C(=O)C(CC(=O)Nc3cccc(Cl)c3)SC2=Nc2ccc(F)cc2)cc1OC. The Hall–Kier alpha value is -3.56. The average molecular weight is 542 g/mol. The molecule has 3 aromatic carbocycles. The van der Waals surface area contributed by atoms with E-state index in [0.717, 1.165) is 5.56 Å². The number of hydrogen-bond acceptors (Lipinski definition) is 6. The first-order chi connectivity index (χ1) is 17.9. The zero-order valence-corrected chi connectivity index (χ0v) is 21.8. The number of methoxy groups -OCH3 is 2. The van der Waals surface area contributed by atoms with Crippen molar-refractivity contribution in [1.82, 2.24) is 4.90 Å². The molecule has 1 atom stereocenters. The van der Waals surface area contributed by atoms with E-state index >= 15 is 0 Å². The van der Waals surface area contributed by atoms with E-state index in [2.05, 4.69) is 10.3 Å². The minimum atomic E-state index is -0.649. The molecule has 1 aliphatic heterocycles. The summed E-state index contributed by atoms with van der Waals surface area (Å²) < 4.78 is 24.1. The van der Waals surface area contributed by atoms with Gasteiger partial charge in [0.1, 0.15) is 11.1 Å². The van der Waals surface area contributed by atoms with Crippen molar-refractivity contribution in [3.05, 3.63) is 83.1 Å². The van der Waals surface area contributed by atoms with E-state index in [1.807, 2.05) is 18.2 Å². The van der Waals surface area contributed by atoms with E-state index < -0.39 is 5.25 Å². The van der Waals surface area contributed by atoms with Gasteiger partial charge in [0.05, 0.1) is 19.9 Å². The maximum Gasteiger partial charge on any atom is 0.242 e. The maximum atomic E-state index is 13.4. The van der Waals surface area contributed by atoms with Crippen LogP contribution in [0.25, 0.3) is 0 Å². The average Bonchev–Trinajstić information content (AvgIpc) is 3.17. The number of carbonyl (C=O) groups excluding carboxylic acids is 2. The fourth-order valence-corrected chi connectivity index (χ4v) is 5.15. The summed E-state index contributed by atoms with van der Waals surface area (Å²) in [6, 6.07) is 18.1. The van der Waals surface area contributed by atoms with Crippen LogP contribution in [0.2, 0.25) is 5.02 Å². The van der Waals surface area contributed by atoms with Gasteiger partial charge in [-0.05, 0) is 66.6 Å². The molecule has 0 spiro atoms. The molecule has 1 heterocycles. The number of rotatable bonds is 9. The quantitative estimate of drug-likeness (QED) is 0.376. The van der Waals surface area contributed by atoms with Gasteiger partial charge in [0.15, 0.2) is 16.7 Å². The van der Waals surface area contributed by atoms with Crippen LogP contribution in [-0.4, -0.2) is 47.9 Å². The Morgan fingerprint density at radius 1 is 1.08 bits per heavy atom. The molecule has 7 nitrogen and oxygen atoms in total.